The molecule has 0 bridgehead atoms. The van der Waals surface area contributed by atoms with Gasteiger partial charge >= 0.3 is 0 Å². The third kappa shape index (κ3) is 1.99. The molecule has 2 heteroatoms. The molecule has 1 heterocycles. The minimum atomic E-state index is 0.377. The highest BCUT2D eigenvalue weighted by Crippen LogP contribution is 2.39. The van der Waals surface area contributed by atoms with Gasteiger partial charge in [-0.3, -0.25) is 4.98 Å². The van der Waals surface area contributed by atoms with E-state index in [9.17, 15) is 0 Å². The summed E-state index contributed by atoms with van der Waals surface area (Å²) in [6.07, 6.45) is 3.38. The van der Waals surface area contributed by atoms with Gasteiger partial charge in [0.2, 0.25) is 0 Å². The van der Waals surface area contributed by atoms with Gasteiger partial charge in [-0.15, -0.1) is 0 Å². The lowest BCUT2D eigenvalue weighted by atomic mass is 9.81. The summed E-state index contributed by atoms with van der Waals surface area (Å²) in [5.41, 5.74) is 12.2. The molecule has 4 rings (SSSR count). The monoisotopic (exact) mass is 274 g/mol. The lowest BCUT2D eigenvalue weighted by Gasteiger charge is -2.26. The van der Waals surface area contributed by atoms with Crippen LogP contribution < -0.4 is 5.73 Å². The Kier molecular flexibility index (Phi) is 2.88. The Hall–Kier alpha value is -2.35. The molecular formula is C19H18N2. The fourth-order valence-electron chi connectivity index (χ4n) is 3.48. The summed E-state index contributed by atoms with van der Waals surface area (Å²) < 4.78 is 0. The SMILES string of the molecule is Nc1c2c(nc3ccccc13)[C@H](c1ccccc1)CCC2. The molecule has 1 aliphatic rings. The summed E-state index contributed by atoms with van der Waals surface area (Å²) >= 11 is 0. The molecule has 1 aliphatic carbocycles. The molecule has 0 radical (unpaired) electrons. The van der Waals surface area contributed by atoms with Crippen LogP contribution in [0.25, 0.3) is 10.9 Å². The molecule has 0 aliphatic heterocycles. The Morgan fingerprint density at radius 3 is 2.57 bits per heavy atom. The Balaban J connectivity index is 1.95. The van der Waals surface area contributed by atoms with Crippen molar-refractivity contribution in [2.75, 3.05) is 5.73 Å². The quantitative estimate of drug-likeness (QED) is 0.719. The number of nitrogens with zero attached hydrogens (tertiary/aromatic N) is 1. The van der Waals surface area contributed by atoms with Crippen molar-refractivity contribution in [1.29, 1.82) is 0 Å². The minimum absolute atomic E-state index is 0.377. The summed E-state index contributed by atoms with van der Waals surface area (Å²) in [6, 6.07) is 18.9. The highest BCUT2D eigenvalue weighted by molar-refractivity contribution is 5.92. The van der Waals surface area contributed by atoms with Crippen molar-refractivity contribution in [3.63, 3.8) is 0 Å². The van der Waals surface area contributed by atoms with E-state index in [1.54, 1.807) is 0 Å². The van der Waals surface area contributed by atoms with Crippen molar-refractivity contribution in [3.8, 4) is 0 Å². The highest BCUT2D eigenvalue weighted by atomic mass is 14.8. The van der Waals surface area contributed by atoms with E-state index < -0.39 is 0 Å². The molecule has 1 aromatic heterocycles. The molecule has 2 nitrogen and oxygen atoms in total. The van der Waals surface area contributed by atoms with E-state index in [2.05, 4.69) is 42.5 Å². The molecule has 3 aromatic rings. The molecule has 0 saturated carbocycles. The fraction of sp³-hybridized carbons (Fsp3) is 0.211. The number of nitrogen functional groups attached to an aromatic ring is 1. The van der Waals surface area contributed by atoms with E-state index in [-0.39, 0.29) is 0 Å². The molecule has 2 aromatic carbocycles. The van der Waals surface area contributed by atoms with Gasteiger partial charge in [0, 0.05) is 17.0 Å². The first-order chi connectivity index (χ1) is 10.3. The molecule has 0 saturated heterocycles. The van der Waals surface area contributed by atoms with Crippen LogP contribution in [0, 0.1) is 0 Å². The van der Waals surface area contributed by atoms with E-state index in [1.807, 2.05) is 12.1 Å². The van der Waals surface area contributed by atoms with Crippen LogP contribution in [0.1, 0.15) is 35.6 Å². The van der Waals surface area contributed by atoms with Gasteiger partial charge in [-0.2, -0.15) is 0 Å². The van der Waals surface area contributed by atoms with Crippen LogP contribution in [0.5, 0.6) is 0 Å². The third-order valence-electron chi connectivity index (χ3n) is 4.52. The van der Waals surface area contributed by atoms with Gasteiger partial charge in [-0.1, -0.05) is 48.5 Å². The van der Waals surface area contributed by atoms with Gasteiger partial charge in [0.1, 0.15) is 0 Å². The number of rotatable bonds is 1. The molecule has 0 spiro atoms. The Morgan fingerprint density at radius 1 is 0.952 bits per heavy atom. The zero-order chi connectivity index (χ0) is 14.2. The third-order valence-corrected chi connectivity index (χ3v) is 4.52. The maximum absolute atomic E-state index is 6.44. The van der Waals surface area contributed by atoms with E-state index >= 15 is 0 Å². The van der Waals surface area contributed by atoms with E-state index in [1.165, 1.54) is 23.2 Å². The van der Waals surface area contributed by atoms with Gasteiger partial charge in [0.15, 0.2) is 0 Å². The van der Waals surface area contributed by atoms with Gasteiger partial charge in [0.25, 0.3) is 0 Å². The first-order valence-corrected chi connectivity index (χ1v) is 7.56. The summed E-state index contributed by atoms with van der Waals surface area (Å²) in [6.45, 7) is 0. The van der Waals surface area contributed by atoms with Crippen LogP contribution in [-0.2, 0) is 6.42 Å². The maximum Gasteiger partial charge on any atom is 0.0726 e. The molecule has 2 N–H and O–H groups in total. The Labute approximate surface area is 124 Å². The molecule has 0 amide bonds. The molecular weight excluding hydrogens is 256 g/mol. The molecule has 0 unspecified atom stereocenters. The molecule has 0 fully saturated rings. The number of fused-ring (bicyclic) bond motifs is 2. The summed E-state index contributed by atoms with van der Waals surface area (Å²) in [5.74, 6) is 0.377. The number of anilines is 1. The fourth-order valence-corrected chi connectivity index (χ4v) is 3.48. The van der Waals surface area contributed by atoms with Crippen LogP contribution in [0.3, 0.4) is 0 Å². The van der Waals surface area contributed by atoms with Gasteiger partial charge < -0.3 is 5.73 Å². The van der Waals surface area contributed by atoms with Gasteiger partial charge in [0.05, 0.1) is 11.2 Å². The second kappa shape index (κ2) is 4.88. The number of benzene rings is 2. The zero-order valence-electron chi connectivity index (χ0n) is 11.9. The van der Waals surface area contributed by atoms with E-state index in [0.717, 1.165) is 29.4 Å². The van der Waals surface area contributed by atoms with Crippen LogP contribution in [-0.4, -0.2) is 4.98 Å². The van der Waals surface area contributed by atoms with Crippen LogP contribution in [0.2, 0.25) is 0 Å². The van der Waals surface area contributed by atoms with Crippen molar-refractivity contribution in [2.24, 2.45) is 0 Å². The van der Waals surface area contributed by atoms with E-state index in [0.29, 0.717) is 5.92 Å². The first-order valence-electron chi connectivity index (χ1n) is 7.56. The van der Waals surface area contributed by atoms with Gasteiger partial charge in [-0.25, -0.2) is 0 Å². The first kappa shape index (κ1) is 12.4. The lowest BCUT2D eigenvalue weighted by Crippen LogP contribution is -2.15. The second-order valence-corrected chi connectivity index (χ2v) is 5.76. The standard InChI is InChI=1S/C19H18N2/c20-18-15-9-4-5-12-17(15)21-19-14(10-6-11-16(18)19)13-7-2-1-3-8-13/h1-5,7-9,12,14H,6,10-11H2,(H2,20,21)/t14-/m0/s1. The Bertz CT molecular complexity index is 793. The summed E-state index contributed by atoms with van der Waals surface area (Å²) in [4.78, 5) is 4.95. The lowest BCUT2D eigenvalue weighted by molar-refractivity contribution is 0.603. The number of hydrogen-bond donors (Lipinski definition) is 1. The normalized spacial score (nSPS) is 17.6. The number of nitrogens with two attached hydrogens (primary N) is 1. The predicted molar refractivity (Wildman–Crippen MR) is 87.4 cm³/mol. The maximum atomic E-state index is 6.44. The zero-order valence-corrected chi connectivity index (χ0v) is 11.9. The average Bonchev–Trinajstić information content (AvgIpc) is 2.56. The minimum Gasteiger partial charge on any atom is -0.398 e. The smallest absolute Gasteiger partial charge is 0.0726 e. The number of pyridine rings is 1. The van der Waals surface area contributed by atoms with Crippen LogP contribution >= 0.6 is 0 Å². The summed E-state index contributed by atoms with van der Waals surface area (Å²) in [5, 5.41) is 1.09. The largest absolute Gasteiger partial charge is 0.398 e. The molecule has 1 atom stereocenters. The number of hydrogen-bond acceptors (Lipinski definition) is 2. The Morgan fingerprint density at radius 2 is 1.71 bits per heavy atom. The average molecular weight is 274 g/mol. The predicted octanol–water partition coefficient (Wildman–Crippen LogP) is 4.29. The van der Waals surface area contributed by atoms with Crippen molar-refractivity contribution in [3.05, 3.63) is 71.4 Å². The molecule has 21 heavy (non-hydrogen) atoms. The van der Waals surface area contributed by atoms with E-state index in [4.69, 9.17) is 10.7 Å². The van der Waals surface area contributed by atoms with Crippen molar-refractivity contribution < 1.29 is 0 Å². The van der Waals surface area contributed by atoms with Crippen LogP contribution in [0.4, 0.5) is 5.69 Å². The number of para-hydroxylation sites is 1. The van der Waals surface area contributed by atoms with Crippen LogP contribution in [0.15, 0.2) is 54.6 Å². The highest BCUT2D eigenvalue weighted by Gasteiger charge is 2.25. The van der Waals surface area contributed by atoms with Crippen molar-refractivity contribution in [2.45, 2.75) is 25.2 Å². The van der Waals surface area contributed by atoms with Crippen molar-refractivity contribution >= 4 is 16.6 Å². The molecule has 104 valence electrons. The van der Waals surface area contributed by atoms with Crippen molar-refractivity contribution in [1.82, 2.24) is 4.98 Å². The second-order valence-electron chi connectivity index (χ2n) is 5.76. The number of aromatic nitrogens is 1. The topological polar surface area (TPSA) is 38.9 Å². The summed E-state index contributed by atoms with van der Waals surface area (Å²) in [7, 11) is 0. The van der Waals surface area contributed by atoms with Gasteiger partial charge in [-0.05, 0) is 36.5 Å².